The third-order valence-electron chi connectivity index (χ3n) is 3.19. The van der Waals surface area contributed by atoms with Crippen LogP contribution in [0.2, 0.25) is 0 Å². The summed E-state index contributed by atoms with van der Waals surface area (Å²) in [5, 5.41) is 9.01. The second-order valence-corrected chi connectivity index (χ2v) is 5.32. The number of likely N-dealkylation sites (tertiary alicyclic amines) is 1. The lowest BCUT2D eigenvalue weighted by molar-refractivity contribution is 0.174. The zero-order valence-corrected chi connectivity index (χ0v) is 11.0. The molecule has 0 spiro atoms. The van der Waals surface area contributed by atoms with Gasteiger partial charge >= 0.3 is 0 Å². The van der Waals surface area contributed by atoms with E-state index in [-0.39, 0.29) is 6.61 Å². The number of aliphatic hydroxyl groups excluding tert-OH is 1. The predicted octanol–water partition coefficient (Wildman–Crippen LogP) is 1.42. The SMILES string of the molecule is CC(C)CN(CCO)CCCN1CCCC1. The Balaban J connectivity index is 2.10. The van der Waals surface area contributed by atoms with E-state index in [1.807, 2.05) is 0 Å². The van der Waals surface area contributed by atoms with Gasteiger partial charge < -0.3 is 14.9 Å². The Morgan fingerprint density at radius 1 is 1.19 bits per heavy atom. The lowest BCUT2D eigenvalue weighted by Crippen LogP contribution is -2.33. The number of nitrogens with zero attached hydrogens (tertiary/aromatic N) is 2. The van der Waals surface area contributed by atoms with Crippen molar-refractivity contribution in [3.8, 4) is 0 Å². The van der Waals surface area contributed by atoms with Gasteiger partial charge in [-0.15, -0.1) is 0 Å². The Morgan fingerprint density at radius 3 is 2.44 bits per heavy atom. The molecule has 0 aromatic heterocycles. The summed E-state index contributed by atoms with van der Waals surface area (Å²) in [6.45, 7) is 11.7. The van der Waals surface area contributed by atoms with Crippen LogP contribution in [0.25, 0.3) is 0 Å². The molecule has 1 heterocycles. The van der Waals surface area contributed by atoms with Crippen LogP contribution in [-0.4, -0.2) is 60.8 Å². The summed E-state index contributed by atoms with van der Waals surface area (Å²) >= 11 is 0. The molecule has 3 heteroatoms. The van der Waals surface area contributed by atoms with Crippen LogP contribution in [0.15, 0.2) is 0 Å². The first-order valence-corrected chi connectivity index (χ1v) is 6.78. The molecule has 3 nitrogen and oxygen atoms in total. The molecule has 0 saturated carbocycles. The fourth-order valence-electron chi connectivity index (χ4n) is 2.48. The van der Waals surface area contributed by atoms with Gasteiger partial charge in [0.15, 0.2) is 0 Å². The molecule has 0 amide bonds. The van der Waals surface area contributed by atoms with Gasteiger partial charge in [0.2, 0.25) is 0 Å². The van der Waals surface area contributed by atoms with Gasteiger partial charge in [-0.05, 0) is 51.4 Å². The molecule has 1 fully saturated rings. The van der Waals surface area contributed by atoms with Crippen molar-refractivity contribution >= 4 is 0 Å². The molecule has 16 heavy (non-hydrogen) atoms. The molecule has 1 aliphatic heterocycles. The summed E-state index contributed by atoms with van der Waals surface area (Å²) < 4.78 is 0. The molecule has 1 saturated heterocycles. The molecule has 0 unspecified atom stereocenters. The van der Waals surface area contributed by atoms with Crippen molar-refractivity contribution in [3.63, 3.8) is 0 Å². The molecule has 0 radical (unpaired) electrons. The average Bonchev–Trinajstić information content (AvgIpc) is 2.70. The molecule has 0 aromatic rings. The van der Waals surface area contributed by atoms with Gasteiger partial charge in [0.1, 0.15) is 0 Å². The maximum Gasteiger partial charge on any atom is 0.0558 e. The van der Waals surface area contributed by atoms with Crippen LogP contribution in [0.3, 0.4) is 0 Å². The van der Waals surface area contributed by atoms with E-state index in [2.05, 4.69) is 23.6 Å². The van der Waals surface area contributed by atoms with E-state index in [1.54, 1.807) is 0 Å². The van der Waals surface area contributed by atoms with Crippen LogP contribution in [0.5, 0.6) is 0 Å². The highest BCUT2D eigenvalue weighted by atomic mass is 16.3. The summed E-state index contributed by atoms with van der Waals surface area (Å²) in [6, 6.07) is 0. The van der Waals surface area contributed by atoms with E-state index in [0.29, 0.717) is 5.92 Å². The highest BCUT2D eigenvalue weighted by molar-refractivity contribution is 4.67. The second kappa shape index (κ2) is 8.04. The van der Waals surface area contributed by atoms with Crippen molar-refractivity contribution in [1.29, 1.82) is 0 Å². The van der Waals surface area contributed by atoms with E-state index < -0.39 is 0 Å². The van der Waals surface area contributed by atoms with Crippen LogP contribution in [0.1, 0.15) is 33.1 Å². The first-order valence-electron chi connectivity index (χ1n) is 6.78. The van der Waals surface area contributed by atoms with Crippen molar-refractivity contribution in [1.82, 2.24) is 9.80 Å². The Bertz CT molecular complexity index is 167. The monoisotopic (exact) mass is 228 g/mol. The smallest absolute Gasteiger partial charge is 0.0558 e. The van der Waals surface area contributed by atoms with Gasteiger partial charge in [-0.3, -0.25) is 0 Å². The number of rotatable bonds is 8. The molecule has 0 bridgehead atoms. The zero-order chi connectivity index (χ0) is 11.8. The summed E-state index contributed by atoms with van der Waals surface area (Å²) in [5.74, 6) is 0.693. The number of hydrogen-bond acceptors (Lipinski definition) is 3. The standard InChI is InChI=1S/C13H28N2O/c1-13(2)12-15(10-11-16)9-5-8-14-6-3-4-7-14/h13,16H,3-12H2,1-2H3. The van der Waals surface area contributed by atoms with Crippen LogP contribution < -0.4 is 0 Å². The Hall–Kier alpha value is -0.120. The van der Waals surface area contributed by atoms with Crippen LogP contribution in [0.4, 0.5) is 0 Å². The molecule has 1 rings (SSSR count). The van der Waals surface area contributed by atoms with E-state index >= 15 is 0 Å². The summed E-state index contributed by atoms with van der Waals surface area (Å²) in [6.07, 6.45) is 4.01. The van der Waals surface area contributed by atoms with Gasteiger partial charge in [-0.25, -0.2) is 0 Å². The van der Waals surface area contributed by atoms with Crippen LogP contribution >= 0.6 is 0 Å². The van der Waals surface area contributed by atoms with Crippen molar-refractivity contribution < 1.29 is 5.11 Å². The second-order valence-electron chi connectivity index (χ2n) is 5.32. The third-order valence-corrected chi connectivity index (χ3v) is 3.19. The maximum atomic E-state index is 9.01. The summed E-state index contributed by atoms with van der Waals surface area (Å²) in [5.41, 5.74) is 0. The maximum absolute atomic E-state index is 9.01. The lowest BCUT2D eigenvalue weighted by Gasteiger charge is -2.24. The minimum absolute atomic E-state index is 0.288. The lowest BCUT2D eigenvalue weighted by atomic mass is 10.2. The molecule has 0 atom stereocenters. The van der Waals surface area contributed by atoms with E-state index in [1.165, 1.54) is 38.9 Å². The Labute approximate surface area is 100 Å². The molecular weight excluding hydrogens is 200 g/mol. The molecular formula is C13H28N2O. The van der Waals surface area contributed by atoms with Crippen molar-refractivity contribution in [3.05, 3.63) is 0 Å². The highest BCUT2D eigenvalue weighted by Gasteiger charge is 2.12. The fourth-order valence-corrected chi connectivity index (χ4v) is 2.48. The topological polar surface area (TPSA) is 26.7 Å². The largest absolute Gasteiger partial charge is 0.395 e. The van der Waals surface area contributed by atoms with Gasteiger partial charge in [-0.1, -0.05) is 13.8 Å². The minimum atomic E-state index is 0.288. The highest BCUT2D eigenvalue weighted by Crippen LogP contribution is 2.08. The molecule has 0 aliphatic carbocycles. The quantitative estimate of drug-likeness (QED) is 0.681. The first kappa shape index (κ1) is 13.9. The zero-order valence-electron chi connectivity index (χ0n) is 11.0. The number of hydrogen-bond donors (Lipinski definition) is 1. The Morgan fingerprint density at radius 2 is 1.88 bits per heavy atom. The average molecular weight is 228 g/mol. The van der Waals surface area contributed by atoms with Crippen LogP contribution in [-0.2, 0) is 0 Å². The van der Waals surface area contributed by atoms with E-state index in [9.17, 15) is 0 Å². The van der Waals surface area contributed by atoms with Crippen LogP contribution in [0, 0.1) is 5.92 Å². The van der Waals surface area contributed by atoms with Crippen molar-refractivity contribution in [2.24, 2.45) is 5.92 Å². The molecule has 96 valence electrons. The van der Waals surface area contributed by atoms with Gasteiger partial charge in [0.25, 0.3) is 0 Å². The van der Waals surface area contributed by atoms with E-state index in [4.69, 9.17) is 5.11 Å². The predicted molar refractivity (Wildman–Crippen MR) is 68.7 cm³/mol. The van der Waals surface area contributed by atoms with Gasteiger partial charge in [-0.2, -0.15) is 0 Å². The summed E-state index contributed by atoms with van der Waals surface area (Å²) in [4.78, 5) is 4.95. The fraction of sp³-hybridized carbons (Fsp3) is 1.00. The normalized spacial score (nSPS) is 17.8. The van der Waals surface area contributed by atoms with Crippen molar-refractivity contribution in [2.75, 3.05) is 45.9 Å². The van der Waals surface area contributed by atoms with Crippen molar-refractivity contribution in [2.45, 2.75) is 33.1 Å². The Kier molecular flexibility index (Phi) is 7.01. The summed E-state index contributed by atoms with van der Waals surface area (Å²) in [7, 11) is 0. The molecule has 0 aromatic carbocycles. The van der Waals surface area contributed by atoms with Gasteiger partial charge in [0, 0.05) is 13.1 Å². The first-order chi connectivity index (χ1) is 7.72. The molecule has 1 N–H and O–H groups in total. The van der Waals surface area contributed by atoms with Gasteiger partial charge in [0.05, 0.1) is 6.61 Å². The number of aliphatic hydroxyl groups is 1. The third kappa shape index (κ3) is 5.83. The van der Waals surface area contributed by atoms with E-state index in [0.717, 1.165) is 19.6 Å². The minimum Gasteiger partial charge on any atom is -0.395 e. The molecule has 1 aliphatic rings.